The van der Waals surface area contributed by atoms with Gasteiger partial charge in [0.15, 0.2) is 0 Å². The Balaban J connectivity index is 2.49. The molecule has 0 fully saturated rings. The van der Waals surface area contributed by atoms with E-state index in [1.165, 1.54) is 0 Å². The van der Waals surface area contributed by atoms with E-state index in [9.17, 15) is 0 Å². The van der Waals surface area contributed by atoms with Gasteiger partial charge in [0.05, 0.1) is 11.8 Å². The van der Waals surface area contributed by atoms with E-state index in [4.69, 9.17) is 5.21 Å². The molecule has 0 aliphatic carbocycles. The zero-order valence-corrected chi connectivity index (χ0v) is 6.04. The molecule has 0 aromatic heterocycles. The average molecular weight is 140 g/mol. The second kappa shape index (κ2) is 3.37. The van der Waals surface area contributed by atoms with Crippen LogP contribution in [-0.4, -0.2) is 23.5 Å². The molecule has 0 aromatic carbocycles. The predicted molar refractivity (Wildman–Crippen MR) is 40.4 cm³/mol. The van der Waals surface area contributed by atoms with Gasteiger partial charge in [0, 0.05) is 6.54 Å². The van der Waals surface area contributed by atoms with Crippen molar-refractivity contribution in [1.82, 2.24) is 5.32 Å². The van der Waals surface area contributed by atoms with Crippen molar-refractivity contribution >= 4 is 5.71 Å². The summed E-state index contributed by atoms with van der Waals surface area (Å²) >= 11 is 0. The van der Waals surface area contributed by atoms with E-state index >= 15 is 0 Å². The second-order valence-electron chi connectivity index (χ2n) is 2.41. The largest absolute Gasteiger partial charge is 0.411 e. The van der Waals surface area contributed by atoms with Crippen molar-refractivity contribution in [2.45, 2.75) is 19.4 Å². The molecular weight excluding hydrogens is 128 g/mol. The fourth-order valence-corrected chi connectivity index (χ4v) is 0.997. The molecule has 0 saturated heterocycles. The molecular formula is C7H12N2O. The molecule has 1 rings (SSSR count). The van der Waals surface area contributed by atoms with Crippen LogP contribution in [0.3, 0.4) is 0 Å². The Morgan fingerprint density at radius 1 is 1.70 bits per heavy atom. The fraction of sp³-hybridized carbons (Fsp3) is 0.571. The lowest BCUT2D eigenvalue weighted by atomic mass is 10.1. The van der Waals surface area contributed by atoms with Crippen molar-refractivity contribution in [3.8, 4) is 0 Å². The van der Waals surface area contributed by atoms with Crippen LogP contribution in [0.2, 0.25) is 0 Å². The minimum atomic E-state index is 0.231. The maximum Gasteiger partial charge on any atom is 0.0712 e. The normalized spacial score (nSPS) is 26.9. The van der Waals surface area contributed by atoms with Gasteiger partial charge in [-0.15, -0.1) is 0 Å². The van der Waals surface area contributed by atoms with Crippen LogP contribution >= 0.6 is 0 Å². The first-order chi connectivity index (χ1) is 4.84. The van der Waals surface area contributed by atoms with Crippen molar-refractivity contribution in [2.75, 3.05) is 6.54 Å². The molecule has 3 heteroatoms. The second-order valence-corrected chi connectivity index (χ2v) is 2.41. The fourth-order valence-electron chi connectivity index (χ4n) is 0.997. The number of nitrogens with zero attached hydrogens (tertiary/aromatic N) is 1. The molecule has 0 saturated carbocycles. The molecule has 10 heavy (non-hydrogen) atoms. The lowest BCUT2D eigenvalue weighted by Crippen LogP contribution is -2.37. The van der Waals surface area contributed by atoms with Crippen molar-refractivity contribution in [3.05, 3.63) is 12.2 Å². The molecule has 1 unspecified atom stereocenters. The first-order valence-electron chi connectivity index (χ1n) is 3.41. The zero-order chi connectivity index (χ0) is 7.40. The molecule has 1 aliphatic heterocycles. The molecule has 0 aromatic rings. The van der Waals surface area contributed by atoms with Gasteiger partial charge in [-0.3, -0.25) is 0 Å². The monoisotopic (exact) mass is 140 g/mol. The van der Waals surface area contributed by atoms with Crippen LogP contribution in [0, 0.1) is 0 Å². The highest BCUT2D eigenvalue weighted by atomic mass is 16.4. The third kappa shape index (κ3) is 1.57. The Hall–Kier alpha value is -0.830. The van der Waals surface area contributed by atoms with Gasteiger partial charge < -0.3 is 10.5 Å². The average Bonchev–Trinajstić information content (AvgIpc) is 2.05. The Labute approximate surface area is 60.4 Å². The number of hydrogen-bond donors (Lipinski definition) is 2. The van der Waals surface area contributed by atoms with Gasteiger partial charge in [-0.2, -0.15) is 0 Å². The van der Waals surface area contributed by atoms with Gasteiger partial charge in [0.1, 0.15) is 0 Å². The Bertz CT molecular complexity index is 163. The van der Waals surface area contributed by atoms with Gasteiger partial charge in [-0.05, 0) is 13.3 Å². The molecule has 2 N–H and O–H groups in total. The van der Waals surface area contributed by atoms with E-state index in [0.717, 1.165) is 18.7 Å². The molecule has 1 heterocycles. The smallest absolute Gasteiger partial charge is 0.0712 e. The topological polar surface area (TPSA) is 44.6 Å². The van der Waals surface area contributed by atoms with Crippen molar-refractivity contribution in [2.24, 2.45) is 5.16 Å². The Kier molecular flexibility index (Phi) is 2.45. The van der Waals surface area contributed by atoms with Gasteiger partial charge in [-0.1, -0.05) is 17.3 Å². The summed E-state index contributed by atoms with van der Waals surface area (Å²) in [5.41, 5.74) is 0.754. The van der Waals surface area contributed by atoms with E-state index in [2.05, 4.69) is 22.6 Å². The van der Waals surface area contributed by atoms with E-state index in [0.29, 0.717) is 0 Å². The van der Waals surface area contributed by atoms with Gasteiger partial charge in [0.25, 0.3) is 0 Å². The van der Waals surface area contributed by atoms with Gasteiger partial charge in [0.2, 0.25) is 0 Å². The van der Waals surface area contributed by atoms with Crippen LogP contribution in [0.25, 0.3) is 0 Å². The third-order valence-electron chi connectivity index (χ3n) is 1.68. The highest BCUT2D eigenvalue weighted by Gasteiger charge is 2.11. The Morgan fingerprint density at radius 3 is 3.00 bits per heavy atom. The van der Waals surface area contributed by atoms with Crippen LogP contribution in [0.4, 0.5) is 0 Å². The minimum Gasteiger partial charge on any atom is -0.411 e. The summed E-state index contributed by atoms with van der Waals surface area (Å²) in [7, 11) is 0. The maximum atomic E-state index is 8.41. The molecule has 0 amide bonds. The lowest BCUT2D eigenvalue weighted by molar-refractivity contribution is 0.315. The highest BCUT2D eigenvalue weighted by Crippen LogP contribution is 2.00. The summed E-state index contributed by atoms with van der Waals surface area (Å²) in [6.07, 6.45) is 5.09. The van der Waals surface area contributed by atoms with Gasteiger partial charge >= 0.3 is 0 Å². The highest BCUT2D eigenvalue weighted by molar-refractivity contribution is 5.87. The molecule has 56 valence electrons. The van der Waals surface area contributed by atoms with Crippen LogP contribution in [-0.2, 0) is 0 Å². The zero-order valence-electron chi connectivity index (χ0n) is 6.04. The Morgan fingerprint density at radius 2 is 2.50 bits per heavy atom. The molecule has 1 aliphatic rings. The van der Waals surface area contributed by atoms with Crippen LogP contribution in [0.1, 0.15) is 13.3 Å². The van der Waals surface area contributed by atoms with Gasteiger partial charge in [-0.25, -0.2) is 0 Å². The maximum absolute atomic E-state index is 8.41. The van der Waals surface area contributed by atoms with Crippen molar-refractivity contribution in [3.63, 3.8) is 0 Å². The lowest BCUT2D eigenvalue weighted by Gasteiger charge is -2.17. The van der Waals surface area contributed by atoms with Crippen LogP contribution in [0.5, 0.6) is 0 Å². The quantitative estimate of drug-likeness (QED) is 0.244. The van der Waals surface area contributed by atoms with Crippen LogP contribution in [0.15, 0.2) is 17.3 Å². The van der Waals surface area contributed by atoms with E-state index in [-0.39, 0.29) is 6.04 Å². The van der Waals surface area contributed by atoms with Crippen LogP contribution < -0.4 is 5.32 Å². The summed E-state index contributed by atoms with van der Waals surface area (Å²) in [5, 5.41) is 14.7. The number of rotatable bonds is 1. The predicted octanol–water partition coefficient (Wildman–Crippen LogP) is 0.755. The number of nitrogens with one attached hydrogen (secondary N) is 1. The first kappa shape index (κ1) is 7.28. The summed E-state index contributed by atoms with van der Waals surface area (Å²) < 4.78 is 0. The summed E-state index contributed by atoms with van der Waals surface area (Å²) in [6, 6.07) is 0.231. The molecule has 1 atom stereocenters. The number of oxime groups is 1. The summed E-state index contributed by atoms with van der Waals surface area (Å²) in [6.45, 7) is 2.69. The van der Waals surface area contributed by atoms with E-state index in [1.54, 1.807) is 0 Å². The molecule has 0 spiro atoms. The summed E-state index contributed by atoms with van der Waals surface area (Å²) in [5.74, 6) is 0. The number of hydrogen-bond acceptors (Lipinski definition) is 3. The van der Waals surface area contributed by atoms with Crippen molar-refractivity contribution < 1.29 is 5.21 Å². The third-order valence-corrected chi connectivity index (χ3v) is 1.68. The SMILES string of the molecule is CC(=NO)C1CC=CCN1. The minimum absolute atomic E-state index is 0.231. The van der Waals surface area contributed by atoms with Crippen molar-refractivity contribution in [1.29, 1.82) is 0 Å². The van der Waals surface area contributed by atoms with E-state index in [1.807, 2.05) is 6.92 Å². The standard InChI is InChI=1S/C7H12N2O/c1-6(9-10)7-4-2-3-5-8-7/h2-3,7-8,10H,4-5H2,1H3. The van der Waals surface area contributed by atoms with E-state index < -0.39 is 0 Å². The molecule has 0 radical (unpaired) electrons. The summed E-state index contributed by atoms with van der Waals surface area (Å²) in [4.78, 5) is 0. The first-order valence-corrected chi connectivity index (χ1v) is 3.41. The molecule has 3 nitrogen and oxygen atoms in total. The molecule has 0 bridgehead atoms.